The number of hydrogen-bond acceptors (Lipinski definition) is 4. The number of amides is 3. The minimum Gasteiger partial charge on any atom is -0.325 e. The van der Waals surface area contributed by atoms with Gasteiger partial charge < -0.3 is 16.0 Å². The Morgan fingerprint density at radius 3 is 2.15 bits per heavy atom. The van der Waals surface area contributed by atoms with Crippen molar-refractivity contribution < 1.29 is 18.8 Å². The SMILES string of the molecule is O=C(CSc1ccc(NC(=O)/C(=C/c2cccc(Cl)c2)NC(=O)c2ccccc2)cc1)Nc1ccc(F)cc1. The van der Waals surface area contributed by atoms with E-state index in [9.17, 15) is 18.8 Å². The lowest BCUT2D eigenvalue weighted by Crippen LogP contribution is -2.30. The zero-order valence-corrected chi connectivity index (χ0v) is 22.1. The molecule has 0 radical (unpaired) electrons. The van der Waals surface area contributed by atoms with Crippen LogP contribution in [0.2, 0.25) is 5.02 Å². The second-order valence-electron chi connectivity index (χ2n) is 8.26. The van der Waals surface area contributed by atoms with E-state index in [0.29, 0.717) is 27.5 Å². The van der Waals surface area contributed by atoms with Crippen molar-refractivity contribution in [2.75, 3.05) is 16.4 Å². The van der Waals surface area contributed by atoms with E-state index >= 15 is 0 Å². The maximum Gasteiger partial charge on any atom is 0.272 e. The summed E-state index contributed by atoms with van der Waals surface area (Å²) in [4.78, 5) is 38.9. The molecular weight excluding hydrogens is 537 g/mol. The third-order valence-electron chi connectivity index (χ3n) is 5.30. The van der Waals surface area contributed by atoms with Crippen LogP contribution in [-0.2, 0) is 9.59 Å². The van der Waals surface area contributed by atoms with Gasteiger partial charge in [0.1, 0.15) is 11.5 Å². The largest absolute Gasteiger partial charge is 0.325 e. The fourth-order valence-corrected chi connectivity index (χ4v) is 4.31. The number of hydrogen-bond donors (Lipinski definition) is 3. The molecule has 3 N–H and O–H groups in total. The van der Waals surface area contributed by atoms with Crippen molar-refractivity contribution in [1.82, 2.24) is 5.32 Å². The molecule has 0 aliphatic heterocycles. The van der Waals surface area contributed by atoms with Crippen LogP contribution in [0.1, 0.15) is 15.9 Å². The highest BCUT2D eigenvalue weighted by Crippen LogP contribution is 2.22. The standard InChI is InChI=1S/C30H23ClFN3O3S/c31-22-8-4-5-20(17-22)18-27(35-29(37)21-6-2-1-3-7-21)30(38)34-25-13-15-26(16-14-25)39-19-28(36)33-24-11-9-23(32)10-12-24/h1-18H,19H2,(H,33,36)(H,34,38)(H,35,37)/b27-18-. The zero-order valence-electron chi connectivity index (χ0n) is 20.5. The predicted molar refractivity (Wildman–Crippen MR) is 154 cm³/mol. The van der Waals surface area contributed by atoms with Crippen molar-refractivity contribution in [3.63, 3.8) is 0 Å². The van der Waals surface area contributed by atoms with Gasteiger partial charge >= 0.3 is 0 Å². The van der Waals surface area contributed by atoms with Crippen molar-refractivity contribution >= 4 is 58.5 Å². The number of carbonyl (C=O) groups is 3. The molecule has 9 heteroatoms. The molecule has 0 heterocycles. The third kappa shape index (κ3) is 8.56. The summed E-state index contributed by atoms with van der Waals surface area (Å²) in [5.74, 6) is -1.39. The number of rotatable bonds is 9. The van der Waals surface area contributed by atoms with E-state index in [1.807, 2.05) is 0 Å². The molecule has 0 aromatic heterocycles. The summed E-state index contributed by atoms with van der Waals surface area (Å²) in [5.41, 5.74) is 2.12. The molecule has 0 saturated carbocycles. The van der Waals surface area contributed by atoms with Gasteiger partial charge in [-0.05, 0) is 84.4 Å². The van der Waals surface area contributed by atoms with Gasteiger partial charge in [-0.2, -0.15) is 0 Å². The third-order valence-corrected chi connectivity index (χ3v) is 6.55. The highest BCUT2D eigenvalue weighted by atomic mass is 35.5. The molecule has 4 rings (SSSR count). The van der Waals surface area contributed by atoms with Gasteiger partial charge in [0.15, 0.2) is 0 Å². The van der Waals surface area contributed by atoms with Gasteiger partial charge in [0.25, 0.3) is 11.8 Å². The summed E-state index contributed by atoms with van der Waals surface area (Å²) in [6.07, 6.45) is 1.55. The Bertz CT molecular complexity index is 1490. The molecule has 0 unspecified atom stereocenters. The molecule has 0 bridgehead atoms. The average molecular weight is 560 g/mol. The number of nitrogens with one attached hydrogen (secondary N) is 3. The molecule has 4 aromatic carbocycles. The molecule has 3 amide bonds. The van der Waals surface area contributed by atoms with Crippen LogP contribution in [0.15, 0.2) is 114 Å². The van der Waals surface area contributed by atoms with E-state index in [2.05, 4.69) is 16.0 Å². The number of benzene rings is 4. The zero-order chi connectivity index (χ0) is 27.6. The van der Waals surface area contributed by atoms with Gasteiger partial charge in [-0.3, -0.25) is 14.4 Å². The summed E-state index contributed by atoms with van der Waals surface area (Å²) >= 11 is 7.40. The van der Waals surface area contributed by atoms with Gasteiger partial charge in [-0.1, -0.05) is 41.9 Å². The van der Waals surface area contributed by atoms with E-state index in [4.69, 9.17) is 11.6 Å². The number of carbonyl (C=O) groups excluding carboxylic acids is 3. The van der Waals surface area contributed by atoms with Gasteiger partial charge in [0.2, 0.25) is 5.91 Å². The van der Waals surface area contributed by atoms with Crippen LogP contribution in [0.5, 0.6) is 0 Å². The van der Waals surface area contributed by atoms with Crippen molar-refractivity contribution in [3.8, 4) is 0 Å². The van der Waals surface area contributed by atoms with Crippen molar-refractivity contribution in [2.24, 2.45) is 0 Å². The topological polar surface area (TPSA) is 87.3 Å². The van der Waals surface area contributed by atoms with Crippen molar-refractivity contribution in [1.29, 1.82) is 0 Å². The predicted octanol–water partition coefficient (Wildman–Crippen LogP) is 6.62. The smallest absolute Gasteiger partial charge is 0.272 e. The Labute approximate surface area is 234 Å². The van der Waals surface area contributed by atoms with Crippen LogP contribution < -0.4 is 16.0 Å². The quantitative estimate of drug-likeness (QED) is 0.159. The molecule has 4 aromatic rings. The first-order chi connectivity index (χ1) is 18.9. The molecule has 0 aliphatic rings. The lowest BCUT2D eigenvalue weighted by Gasteiger charge is -2.12. The minimum absolute atomic E-state index is 0.0436. The summed E-state index contributed by atoms with van der Waals surface area (Å²) in [7, 11) is 0. The molecular formula is C30H23ClFN3O3S. The van der Waals surface area contributed by atoms with Crippen LogP contribution >= 0.6 is 23.4 Å². The molecule has 0 saturated heterocycles. The summed E-state index contributed by atoms with van der Waals surface area (Å²) < 4.78 is 13.0. The maximum absolute atomic E-state index is 13.2. The summed E-state index contributed by atoms with van der Waals surface area (Å²) in [5, 5.41) is 8.68. The van der Waals surface area contributed by atoms with Crippen LogP contribution in [0.25, 0.3) is 6.08 Å². The van der Waals surface area contributed by atoms with E-state index in [1.54, 1.807) is 84.9 Å². The Kier molecular flexibility index (Phi) is 9.50. The van der Waals surface area contributed by atoms with E-state index in [0.717, 1.165) is 4.90 Å². The second-order valence-corrected chi connectivity index (χ2v) is 9.74. The first-order valence-electron chi connectivity index (χ1n) is 11.8. The molecule has 0 spiro atoms. The number of anilines is 2. The summed E-state index contributed by atoms with van der Waals surface area (Å²) in [6.45, 7) is 0. The Morgan fingerprint density at radius 1 is 0.795 bits per heavy atom. The van der Waals surface area contributed by atoms with Crippen LogP contribution in [-0.4, -0.2) is 23.5 Å². The van der Waals surface area contributed by atoms with Gasteiger partial charge in [-0.15, -0.1) is 11.8 Å². The van der Waals surface area contributed by atoms with Crippen LogP contribution in [0, 0.1) is 5.82 Å². The number of thioether (sulfide) groups is 1. The highest BCUT2D eigenvalue weighted by molar-refractivity contribution is 8.00. The van der Waals surface area contributed by atoms with Gasteiger partial charge in [-0.25, -0.2) is 4.39 Å². The lowest BCUT2D eigenvalue weighted by atomic mass is 10.1. The number of halogens is 2. The molecule has 0 aliphatic carbocycles. The molecule has 6 nitrogen and oxygen atoms in total. The Balaban J connectivity index is 1.40. The second kappa shape index (κ2) is 13.4. The Hall–Kier alpha value is -4.40. The minimum atomic E-state index is -0.515. The van der Waals surface area contributed by atoms with Crippen LogP contribution in [0.3, 0.4) is 0 Å². The lowest BCUT2D eigenvalue weighted by molar-refractivity contribution is -0.114. The summed E-state index contributed by atoms with van der Waals surface area (Å²) in [6, 6.07) is 28.0. The van der Waals surface area contributed by atoms with Gasteiger partial charge in [0, 0.05) is 26.9 Å². The molecule has 39 heavy (non-hydrogen) atoms. The monoisotopic (exact) mass is 559 g/mol. The van der Waals surface area contributed by atoms with Gasteiger partial charge in [0.05, 0.1) is 5.75 Å². The van der Waals surface area contributed by atoms with E-state index < -0.39 is 11.8 Å². The fourth-order valence-electron chi connectivity index (χ4n) is 3.42. The highest BCUT2D eigenvalue weighted by Gasteiger charge is 2.15. The Morgan fingerprint density at radius 2 is 1.46 bits per heavy atom. The first-order valence-corrected chi connectivity index (χ1v) is 13.2. The van der Waals surface area contributed by atoms with Crippen molar-refractivity contribution in [3.05, 3.63) is 131 Å². The molecule has 196 valence electrons. The average Bonchev–Trinajstić information content (AvgIpc) is 2.94. The first kappa shape index (κ1) is 27.6. The van der Waals surface area contributed by atoms with Crippen LogP contribution in [0.4, 0.5) is 15.8 Å². The molecule has 0 fully saturated rings. The normalized spacial score (nSPS) is 11.0. The van der Waals surface area contributed by atoms with Crippen molar-refractivity contribution in [2.45, 2.75) is 4.90 Å². The van der Waals surface area contributed by atoms with E-state index in [-0.39, 0.29) is 23.2 Å². The maximum atomic E-state index is 13.2. The van der Waals surface area contributed by atoms with E-state index in [1.165, 1.54) is 36.0 Å². The fraction of sp³-hybridized carbons (Fsp3) is 0.0333. The molecule has 0 atom stereocenters.